The van der Waals surface area contributed by atoms with E-state index in [1.165, 1.54) is 19.1 Å². The fourth-order valence-corrected chi connectivity index (χ4v) is 3.57. The third kappa shape index (κ3) is 3.80. The van der Waals surface area contributed by atoms with E-state index in [1.54, 1.807) is 19.9 Å². The Hall–Kier alpha value is -0.920. The number of carboxylic acid groups (broad SMARTS) is 1. The Bertz CT molecular complexity index is 615. The summed E-state index contributed by atoms with van der Waals surface area (Å²) in [6.45, 7) is 4.95. The van der Waals surface area contributed by atoms with Gasteiger partial charge < -0.3 is 5.11 Å². The highest BCUT2D eigenvalue weighted by atomic mass is 79.9. The molecule has 2 N–H and O–H groups in total. The third-order valence-corrected chi connectivity index (χ3v) is 5.50. The number of aliphatic carboxylic acids is 1. The number of aryl methyl sites for hydroxylation is 1. The molecule has 0 saturated heterocycles. The van der Waals surface area contributed by atoms with Crippen molar-refractivity contribution in [3.05, 3.63) is 28.2 Å². The van der Waals surface area contributed by atoms with Crippen LogP contribution < -0.4 is 4.72 Å². The lowest BCUT2D eigenvalue weighted by atomic mass is 9.98. The predicted molar refractivity (Wildman–Crippen MR) is 80.1 cm³/mol. The standard InChI is InChI=1S/C13H18BrNO4S/c1-4-7-13(3,12(16)17)15-20(18,19)10-5-6-11(14)9(2)8-10/h5-6,8,15H,4,7H2,1-3H3,(H,16,17). The SMILES string of the molecule is CCCC(C)(NS(=O)(=O)c1ccc(Br)c(C)c1)C(=O)O. The molecular weight excluding hydrogens is 346 g/mol. The largest absolute Gasteiger partial charge is 0.480 e. The summed E-state index contributed by atoms with van der Waals surface area (Å²) in [6, 6.07) is 4.57. The first-order valence-corrected chi connectivity index (χ1v) is 8.43. The van der Waals surface area contributed by atoms with Crippen LogP contribution in [-0.4, -0.2) is 25.0 Å². The molecule has 0 bridgehead atoms. The summed E-state index contributed by atoms with van der Waals surface area (Å²) in [7, 11) is -3.88. The maximum atomic E-state index is 12.3. The Morgan fingerprint density at radius 2 is 2.05 bits per heavy atom. The number of hydrogen-bond acceptors (Lipinski definition) is 3. The first kappa shape index (κ1) is 17.1. The average Bonchev–Trinajstić information content (AvgIpc) is 2.31. The van der Waals surface area contributed by atoms with Gasteiger partial charge >= 0.3 is 5.97 Å². The van der Waals surface area contributed by atoms with Gasteiger partial charge in [0.2, 0.25) is 10.0 Å². The molecule has 0 heterocycles. The van der Waals surface area contributed by atoms with Crippen LogP contribution in [0.2, 0.25) is 0 Å². The highest BCUT2D eigenvalue weighted by molar-refractivity contribution is 9.10. The van der Waals surface area contributed by atoms with E-state index < -0.39 is 21.5 Å². The maximum Gasteiger partial charge on any atom is 0.324 e. The Morgan fingerprint density at radius 1 is 1.45 bits per heavy atom. The molecular formula is C13H18BrNO4S. The predicted octanol–water partition coefficient (Wildman–Crippen LogP) is 2.68. The lowest BCUT2D eigenvalue weighted by molar-refractivity contribution is -0.143. The Kier molecular flexibility index (Phi) is 5.34. The van der Waals surface area contributed by atoms with Gasteiger partial charge in [0.15, 0.2) is 0 Å². The second kappa shape index (κ2) is 6.24. The molecule has 1 aromatic rings. The van der Waals surface area contributed by atoms with Crippen molar-refractivity contribution in [3.8, 4) is 0 Å². The van der Waals surface area contributed by atoms with Gasteiger partial charge in [0.05, 0.1) is 4.90 Å². The molecule has 0 saturated carbocycles. The van der Waals surface area contributed by atoms with Gasteiger partial charge in [-0.25, -0.2) is 8.42 Å². The minimum absolute atomic E-state index is 0.0572. The number of rotatable bonds is 6. The van der Waals surface area contributed by atoms with Crippen LogP contribution in [0.15, 0.2) is 27.6 Å². The van der Waals surface area contributed by atoms with E-state index in [9.17, 15) is 18.3 Å². The van der Waals surface area contributed by atoms with Crippen LogP contribution in [0.5, 0.6) is 0 Å². The van der Waals surface area contributed by atoms with Crippen molar-refractivity contribution in [2.75, 3.05) is 0 Å². The minimum atomic E-state index is -3.88. The van der Waals surface area contributed by atoms with Crippen molar-refractivity contribution >= 4 is 31.9 Å². The zero-order valence-electron chi connectivity index (χ0n) is 11.6. The van der Waals surface area contributed by atoms with E-state index in [4.69, 9.17) is 0 Å². The van der Waals surface area contributed by atoms with Crippen molar-refractivity contribution in [1.29, 1.82) is 0 Å². The van der Waals surface area contributed by atoms with Crippen LogP contribution in [0.25, 0.3) is 0 Å². The highest BCUT2D eigenvalue weighted by Gasteiger charge is 2.37. The second-order valence-electron chi connectivity index (χ2n) is 4.90. The lowest BCUT2D eigenvalue weighted by Crippen LogP contribution is -2.51. The number of carboxylic acids is 1. The molecule has 1 atom stereocenters. The van der Waals surface area contributed by atoms with Crippen LogP contribution in [0.4, 0.5) is 0 Å². The minimum Gasteiger partial charge on any atom is -0.480 e. The van der Waals surface area contributed by atoms with E-state index in [1.807, 2.05) is 0 Å². The molecule has 112 valence electrons. The van der Waals surface area contributed by atoms with Gasteiger partial charge in [-0.05, 0) is 44.0 Å². The first-order chi connectivity index (χ1) is 9.12. The fourth-order valence-electron chi connectivity index (χ4n) is 1.84. The van der Waals surface area contributed by atoms with Crippen molar-refractivity contribution in [1.82, 2.24) is 4.72 Å². The smallest absolute Gasteiger partial charge is 0.324 e. The molecule has 1 rings (SSSR count). The molecule has 0 amide bonds. The molecule has 0 radical (unpaired) electrons. The van der Waals surface area contributed by atoms with Gasteiger partial charge in [-0.1, -0.05) is 29.3 Å². The molecule has 0 aliphatic heterocycles. The summed E-state index contributed by atoms with van der Waals surface area (Å²) in [6.07, 6.45) is 0.780. The molecule has 0 spiro atoms. The van der Waals surface area contributed by atoms with Crippen molar-refractivity contribution in [2.45, 2.75) is 44.0 Å². The zero-order valence-corrected chi connectivity index (χ0v) is 14.0. The molecule has 1 unspecified atom stereocenters. The number of sulfonamides is 1. The van der Waals surface area contributed by atoms with Crippen LogP contribution in [0.1, 0.15) is 32.3 Å². The molecule has 0 aromatic heterocycles. The Balaban J connectivity index is 3.16. The van der Waals surface area contributed by atoms with Crippen molar-refractivity contribution < 1.29 is 18.3 Å². The van der Waals surface area contributed by atoms with E-state index >= 15 is 0 Å². The van der Waals surface area contributed by atoms with Gasteiger partial charge in [0, 0.05) is 4.47 Å². The summed E-state index contributed by atoms with van der Waals surface area (Å²) in [5, 5.41) is 9.24. The lowest BCUT2D eigenvalue weighted by Gasteiger charge is -2.25. The molecule has 0 fully saturated rings. The van der Waals surface area contributed by atoms with E-state index in [0.29, 0.717) is 6.42 Å². The van der Waals surface area contributed by atoms with Gasteiger partial charge in [-0.3, -0.25) is 4.79 Å². The van der Waals surface area contributed by atoms with Gasteiger partial charge in [-0.15, -0.1) is 0 Å². The topological polar surface area (TPSA) is 83.5 Å². The quantitative estimate of drug-likeness (QED) is 0.813. The summed E-state index contributed by atoms with van der Waals surface area (Å²) in [4.78, 5) is 11.4. The van der Waals surface area contributed by atoms with Crippen LogP contribution in [-0.2, 0) is 14.8 Å². The number of carbonyl (C=O) groups is 1. The third-order valence-electron chi connectivity index (χ3n) is 3.02. The molecule has 7 heteroatoms. The normalized spacial score (nSPS) is 14.8. The van der Waals surface area contributed by atoms with Crippen molar-refractivity contribution in [2.24, 2.45) is 0 Å². The summed E-state index contributed by atoms with van der Waals surface area (Å²) in [5.41, 5.74) is -0.741. The Morgan fingerprint density at radius 3 is 2.50 bits per heavy atom. The van der Waals surface area contributed by atoms with E-state index in [-0.39, 0.29) is 11.3 Å². The van der Waals surface area contributed by atoms with Crippen LogP contribution in [0, 0.1) is 6.92 Å². The van der Waals surface area contributed by atoms with Crippen LogP contribution >= 0.6 is 15.9 Å². The summed E-state index contributed by atoms with van der Waals surface area (Å²) in [5.74, 6) is -1.18. The van der Waals surface area contributed by atoms with Gasteiger partial charge in [0.25, 0.3) is 0 Å². The molecule has 1 aromatic carbocycles. The van der Waals surface area contributed by atoms with Gasteiger partial charge in [-0.2, -0.15) is 4.72 Å². The monoisotopic (exact) mass is 363 g/mol. The number of benzene rings is 1. The van der Waals surface area contributed by atoms with Gasteiger partial charge in [0.1, 0.15) is 5.54 Å². The number of nitrogens with one attached hydrogen (secondary N) is 1. The van der Waals surface area contributed by atoms with E-state index in [0.717, 1.165) is 10.0 Å². The fraction of sp³-hybridized carbons (Fsp3) is 0.462. The molecule has 0 aliphatic rings. The molecule has 20 heavy (non-hydrogen) atoms. The second-order valence-corrected chi connectivity index (χ2v) is 7.44. The molecule has 0 aliphatic carbocycles. The maximum absolute atomic E-state index is 12.3. The molecule has 5 nitrogen and oxygen atoms in total. The summed E-state index contributed by atoms with van der Waals surface area (Å²) >= 11 is 3.30. The average molecular weight is 364 g/mol. The number of halogens is 1. The van der Waals surface area contributed by atoms with Crippen LogP contribution in [0.3, 0.4) is 0 Å². The van der Waals surface area contributed by atoms with Crippen molar-refractivity contribution in [3.63, 3.8) is 0 Å². The Labute approximate surface area is 127 Å². The number of hydrogen-bond donors (Lipinski definition) is 2. The van der Waals surface area contributed by atoms with E-state index in [2.05, 4.69) is 20.7 Å². The summed E-state index contributed by atoms with van der Waals surface area (Å²) < 4.78 is 27.7. The first-order valence-electron chi connectivity index (χ1n) is 6.16. The zero-order chi connectivity index (χ0) is 15.6. The highest BCUT2D eigenvalue weighted by Crippen LogP contribution is 2.22.